The molecular formula is C37H37N7O5S. The molecule has 0 spiro atoms. The molecule has 7 rings (SSSR count). The van der Waals surface area contributed by atoms with Crippen LogP contribution in [0.3, 0.4) is 0 Å². The molecule has 0 unspecified atom stereocenters. The van der Waals surface area contributed by atoms with Gasteiger partial charge in [-0.2, -0.15) is 5.10 Å². The van der Waals surface area contributed by atoms with E-state index in [-0.39, 0.29) is 22.8 Å². The van der Waals surface area contributed by atoms with Crippen LogP contribution >= 0.6 is 0 Å². The molecule has 6 aromatic rings. The van der Waals surface area contributed by atoms with Gasteiger partial charge < -0.3 is 5.11 Å². The van der Waals surface area contributed by atoms with Gasteiger partial charge in [0.05, 0.1) is 22.1 Å². The monoisotopic (exact) mass is 691 g/mol. The van der Waals surface area contributed by atoms with Crippen LogP contribution in [-0.4, -0.2) is 86.3 Å². The van der Waals surface area contributed by atoms with Crippen molar-refractivity contribution < 1.29 is 18.4 Å². The molecule has 4 heterocycles. The largest absolute Gasteiger partial charge is 0.395 e. The summed E-state index contributed by atoms with van der Waals surface area (Å²) < 4.78 is 31.9. The van der Waals surface area contributed by atoms with Crippen LogP contribution in [0.5, 0.6) is 0 Å². The van der Waals surface area contributed by atoms with Crippen molar-refractivity contribution >= 4 is 26.7 Å². The number of benzene rings is 3. The van der Waals surface area contributed by atoms with Gasteiger partial charge in [0, 0.05) is 86.9 Å². The number of β-amino-alcohol motifs (C(OH)–C–C–N with tert-alkyl or cyclic N) is 1. The summed E-state index contributed by atoms with van der Waals surface area (Å²) in [6.07, 6.45) is 3.51. The predicted molar refractivity (Wildman–Crippen MR) is 192 cm³/mol. The summed E-state index contributed by atoms with van der Waals surface area (Å²) >= 11 is 0. The first-order valence-electron chi connectivity index (χ1n) is 16.6. The van der Waals surface area contributed by atoms with Gasteiger partial charge in [0.25, 0.3) is 15.7 Å². The van der Waals surface area contributed by atoms with Crippen LogP contribution in [0, 0.1) is 10.1 Å². The quantitative estimate of drug-likeness (QED) is 0.138. The van der Waals surface area contributed by atoms with Crippen LogP contribution in [0.15, 0.2) is 108 Å². The number of piperazine rings is 1. The number of aryl methyl sites for hydroxylation is 1. The highest BCUT2D eigenvalue weighted by atomic mass is 32.2. The summed E-state index contributed by atoms with van der Waals surface area (Å²) in [5, 5.41) is 26.0. The van der Waals surface area contributed by atoms with Crippen LogP contribution in [-0.2, 0) is 23.1 Å². The van der Waals surface area contributed by atoms with Crippen molar-refractivity contribution in [3.8, 4) is 33.6 Å². The fraction of sp³-hybridized carbons (Fsp3) is 0.243. The topological polar surface area (TPSA) is 140 Å². The van der Waals surface area contributed by atoms with Crippen LogP contribution < -0.4 is 0 Å². The number of aromatic nitrogens is 4. The van der Waals surface area contributed by atoms with Gasteiger partial charge in [0.15, 0.2) is 5.65 Å². The molecule has 1 N–H and O–H groups in total. The summed E-state index contributed by atoms with van der Waals surface area (Å²) in [6.45, 7) is 7.84. The van der Waals surface area contributed by atoms with Crippen molar-refractivity contribution in [3.05, 3.63) is 119 Å². The Morgan fingerprint density at radius 2 is 1.54 bits per heavy atom. The number of pyridine rings is 1. The highest BCUT2D eigenvalue weighted by Gasteiger charge is 2.27. The van der Waals surface area contributed by atoms with Gasteiger partial charge in [0.1, 0.15) is 5.69 Å². The number of nitro groups is 1. The minimum Gasteiger partial charge on any atom is -0.395 e. The van der Waals surface area contributed by atoms with Gasteiger partial charge in [-0.15, -0.1) is 0 Å². The lowest BCUT2D eigenvalue weighted by Gasteiger charge is -2.34. The van der Waals surface area contributed by atoms with E-state index in [0.717, 1.165) is 55.0 Å². The first-order chi connectivity index (χ1) is 24.3. The molecule has 1 fully saturated rings. The number of fused-ring (bicyclic) bond motifs is 1. The SMILES string of the molecule is CCn1cc(-c2ccnc3c2cc(-c2ccc(CN4CCN(CCO)CC4)cc2)n3S(=O)(=O)c2ccccc2)c(-c2ccc([N+](=O)[O-])cc2)n1. The zero-order valence-electron chi connectivity index (χ0n) is 27.6. The van der Waals surface area contributed by atoms with E-state index < -0.39 is 14.9 Å². The van der Waals surface area contributed by atoms with Crippen molar-refractivity contribution in [2.75, 3.05) is 39.3 Å². The minimum absolute atomic E-state index is 0.0176. The van der Waals surface area contributed by atoms with Crippen molar-refractivity contribution in [1.29, 1.82) is 0 Å². The molecule has 13 heteroatoms. The Bertz CT molecular complexity index is 2240. The Balaban J connectivity index is 1.33. The van der Waals surface area contributed by atoms with Crippen LogP contribution in [0.25, 0.3) is 44.7 Å². The van der Waals surface area contributed by atoms with Crippen LogP contribution in [0.4, 0.5) is 5.69 Å². The number of non-ortho nitro benzene ring substituents is 1. The molecule has 1 aliphatic rings. The third-order valence-corrected chi connectivity index (χ3v) is 10.9. The Morgan fingerprint density at radius 1 is 0.860 bits per heavy atom. The lowest BCUT2D eigenvalue weighted by molar-refractivity contribution is -0.384. The first-order valence-corrected chi connectivity index (χ1v) is 18.0. The molecule has 0 bridgehead atoms. The Kier molecular flexibility index (Phi) is 9.29. The van der Waals surface area contributed by atoms with E-state index in [4.69, 9.17) is 5.10 Å². The Labute approximate surface area is 290 Å². The summed E-state index contributed by atoms with van der Waals surface area (Å²) in [7, 11) is -4.08. The Morgan fingerprint density at radius 3 is 2.20 bits per heavy atom. The molecule has 1 aliphatic heterocycles. The fourth-order valence-electron chi connectivity index (χ4n) is 6.54. The van der Waals surface area contributed by atoms with Crippen molar-refractivity contribution in [1.82, 2.24) is 28.5 Å². The number of nitrogens with zero attached hydrogens (tertiary/aromatic N) is 7. The van der Waals surface area contributed by atoms with Gasteiger partial charge in [-0.1, -0.05) is 42.5 Å². The number of aliphatic hydroxyl groups excluding tert-OH is 1. The van der Waals surface area contributed by atoms with Crippen LogP contribution in [0.2, 0.25) is 0 Å². The number of nitro benzene ring substituents is 1. The second kappa shape index (κ2) is 14.0. The molecule has 3 aromatic carbocycles. The standard InChI is InChI=1S/C37H37N7O5S/c1-2-42-26-34(36(39-42)29-12-14-30(15-13-29)44(46)47)32-16-17-38-37-33(32)24-35(43(37)50(48,49)31-6-4-3-5-7-31)28-10-8-27(9-11-28)25-41-20-18-40(19-21-41)22-23-45/h3-17,24,26,45H,2,18-23,25H2,1H3. The van der Waals surface area contributed by atoms with Crippen molar-refractivity contribution in [3.63, 3.8) is 0 Å². The summed E-state index contributed by atoms with van der Waals surface area (Å²) in [4.78, 5) is 20.3. The smallest absolute Gasteiger partial charge is 0.269 e. The molecule has 1 saturated heterocycles. The zero-order chi connectivity index (χ0) is 34.8. The van der Waals surface area contributed by atoms with E-state index in [0.29, 0.717) is 35.4 Å². The number of aliphatic hydroxyl groups is 1. The molecule has 256 valence electrons. The summed E-state index contributed by atoms with van der Waals surface area (Å²) in [6, 6.07) is 26.3. The Hall–Kier alpha value is -5.21. The normalized spacial score (nSPS) is 14.4. The van der Waals surface area contributed by atoms with Gasteiger partial charge in [-0.3, -0.25) is 24.6 Å². The summed E-state index contributed by atoms with van der Waals surface area (Å²) in [5.74, 6) is 0. The molecule has 0 amide bonds. The lowest BCUT2D eigenvalue weighted by Crippen LogP contribution is -2.46. The zero-order valence-corrected chi connectivity index (χ0v) is 28.4. The van der Waals surface area contributed by atoms with Gasteiger partial charge in [-0.05, 0) is 60.0 Å². The third-order valence-electron chi connectivity index (χ3n) is 9.21. The van der Waals surface area contributed by atoms with Crippen molar-refractivity contribution in [2.45, 2.75) is 24.9 Å². The molecule has 0 saturated carbocycles. The van der Waals surface area contributed by atoms with Crippen molar-refractivity contribution in [2.24, 2.45) is 0 Å². The third kappa shape index (κ3) is 6.43. The molecule has 50 heavy (non-hydrogen) atoms. The highest BCUT2D eigenvalue weighted by molar-refractivity contribution is 7.90. The van der Waals surface area contributed by atoms with E-state index >= 15 is 0 Å². The average Bonchev–Trinajstić information content (AvgIpc) is 3.76. The number of hydrogen-bond acceptors (Lipinski definition) is 9. The maximum Gasteiger partial charge on any atom is 0.269 e. The fourth-order valence-corrected chi connectivity index (χ4v) is 8.04. The molecule has 0 atom stereocenters. The van der Waals surface area contributed by atoms with E-state index in [1.54, 1.807) is 53.3 Å². The van der Waals surface area contributed by atoms with E-state index in [1.807, 2.05) is 49.5 Å². The lowest BCUT2D eigenvalue weighted by atomic mass is 10.00. The maximum absolute atomic E-state index is 14.4. The van der Waals surface area contributed by atoms with Gasteiger partial charge in [-0.25, -0.2) is 17.4 Å². The second-order valence-corrected chi connectivity index (χ2v) is 14.1. The first kappa shape index (κ1) is 33.3. The van der Waals surface area contributed by atoms with Crippen LogP contribution in [0.1, 0.15) is 12.5 Å². The van der Waals surface area contributed by atoms with Gasteiger partial charge in [0.2, 0.25) is 0 Å². The summed E-state index contributed by atoms with van der Waals surface area (Å²) in [5.41, 5.74) is 5.41. The molecule has 12 nitrogen and oxygen atoms in total. The van der Waals surface area contributed by atoms with E-state index in [2.05, 4.69) is 14.8 Å². The molecule has 0 radical (unpaired) electrons. The minimum atomic E-state index is -4.08. The second-order valence-electron chi connectivity index (χ2n) is 12.3. The van der Waals surface area contributed by atoms with E-state index in [9.17, 15) is 23.6 Å². The molecule has 0 aliphatic carbocycles. The number of rotatable bonds is 11. The average molecular weight is 692 g/mol. The number of hydrogen-bond donors (Lipinski definition) is 1. The predicted octanol–water partition coefficient (Wildman–Crippen LogP) is 5.51. The molecular weight excluding hydrogens is 655 g/mol. The molecule has 3 aromatic heterocycles. The van der Waals surface area contributed by atoms with E-state index in [1.165, 1.54) is 16.1 Å². The highest BCUT2D eigenvalue weighted by Crippen LogP contribution is 2.40. The maximum atomic E-state index is 14.4. The van der Waals surface area contributed by atoms with Gasteiger partial charge >= 0.3 is 0 Å².